The smallest absolute Gasteiger partial charge is 0.147 e. The molecule has 1 aromatic heterocycles. The van der Waals surface area contributed by atoms with Gasteiger partial charge in [-0.2, -0.15) is 0 Å². The molecule has 0 radical (unpaired) electrons. The lowest BCUT2D eigenvalue weighted by molar-refractivity contribution is -0.0457. The zero-order chi connectivity index (χ0) is 18.5. The number of ether oxygens (including phenoxy) is 3. The Kier molecular flexibility index (Phi) is 5.40. The number of nitrogens with zero attached hydrogens (tertiary/aromatic N) is 3. The third kappa shape index (κ3) is 4.31. The van der Waals surface area contributed by atoms with E-state index in [-0.39, 0.29) is 5.60 Å². The van der Waals surface area contributed by atoms with E-state index in [0.29, 0.717) is 19.1 Å². The van der Waals surface area contributed by atoms with Gasteiger partial charge in [-0.05, 0) is 30.7 Å². The topological polar surface area (TPSA) is 68.7 Å². The van der Waals surface area contributed by atoms with Gasteiger partial charge in [-0.15, -0.1) is 0 Å². The Labute approximate surface area is 159 Å². The van der Waals surface area contributed by atoms with E-state index in [1.165, 1.54) is 0 Å². The second kappa shape index (κ2) is 8.10. The van der Waals surface area contributed by atoms with Gasteiger partial charge in [0, 0.05) is 37.1 Å². The van der Waals surface area contributed by atoms with Crippen molar-refractivity contribution in [2.24, 2.45) is 5.92 Å². The highest BCUT2D eigenvalue weighted by molar-refractivity contribution is 5.46. The first-order valence-electron chi connectivity index (χ1n) is 9.37. The number of nitrogens with one attached hydrogen (secondary N) is 1. The van der Waals surface area contributed by atoms with Crippen molar-refractivity contribution in [3.63, 3.8) is 0 Å². The summed E-state index contributed by atoms with van der Waals surface area (Å²) >= 11 is 0. The molecule has 2 atom stereocenters. The van der Waals surface area contributed by atoms with E-state index in [4.69, 9.17) is 14.2 Å². The predicted molar refractivity (Wildman–Crippen MR) is 103 cm³/mol. The summed E-state index contributed by atoms with van der Waals surface area (Å²) in [5.74, 6) is 2.19. The van der Waals surface area contributed by atoms with Crippen molar-refractivity contribution in [3.05, 3.63) is 42.9 Å². The maximum atomic E-state index is 6.28. The van der Waals surface area contributed by atoms with Gasteiger partial charge in [0.2, 0.25) is 0 Å². The molecule has 3 heterocycles. The van der Waals surface area contributed by atoms with Crippen LogP contribution in [0, 0.1) is 5.92 Å². The molecule has 7 nitrogen and oxygen atoms in total. The van der Waals surface area contributed by atoms with Crippen molar-refractivity contribution < 1.29 is 14.2 Å². The van der Waals surface area contributed by atoms with Crippen molar-refractivity contribution in [3.8, 4) is 5.75 Å². The van der Waals surface area contributed by atoms with E-state index in [2.05, 4.69) is 20.2 Å². The van der Waals surface area contributed by atoms with Crippen LogP contribution in [0.15, 0.2) is 42.9 Å². The lowest BCUT2D eigenvalue weighted by Crippen LogP contribution is -2.44. The average molecular weight is 370 g/mol. The van der Waals surface area contributed by atoms with Gasteiger partial charge in [0.1, 0.15) is 17.2 Å². The Hall–Kier alpha value is -2.38. The van der Waals surface area contributed by atoms with Gasteiger partial charge in [0.05, 0.1) is 39.7 Å². The number of anilines is 2. The minimum Gasteiger partial charge on any atom is -0.497 e. The van der Waals surface area contributed by atoms with Gasteiger partial charge < -0.3 is 24.4 Å². The molecule has 0 aliphatic carbocycles. The fourth-order valence-electron chi connectivity index (χ4n) is 3.81. The van der Waals surface area contributed by atoms with E-state index in [9.17, 15) is 0 Å². The summed E-state index contributed by atoms with van der Waals surface area (Å²) in [7, 11) is 1.68. The zero-order valence-corrected chi connectivity index (χ0v) is 15.6. The largest absolute Gasteiger partial charge is 0.497 e. The van der Waals surface area contributed by atoms with E-state index < -0.39 is 0 Å². The predicted octanol–water partition coefficient (Wildman–Crippen LogP) is 2.21. The summed E-state index contributed by atoms with van der Waals surface area (Å²) in [6.07, 6.45) is 6.19. The van der Waals surface area contributed by atoms with E-state index in [1.807, 2.05) is 24.3 Å². The van der Waals surface area contributed by atoms with Gasteiger partial charge in [-0.25, -0.2) is 4.98 Å². The van der Waals surface area contributed by atoms with Crippen LogP contribution in [-0.4, -0.2) is 62.1 Å². The van der Waals surface area contributed by atoms with Gasteiger partial charge in [0.15, 0.2) is 0 Å². The molecule has 2 saturated heterocycles. The van der Waals surface area contributed by atoms with Crippen LogP contribution in [0.3, 0.4) is 0 Å². The van der Waals surface area contributed by atoms with Crippen LogP contribution in [0.25, 0.3) is 0 Å². The lowest BCUT2D eigenvalue weighted by Gasteiger charge is -2.31. The number of methoxy groups -OCH3 is 1. The lowest BCUT2D eigenvalue weighted by atomic mass is 9.94. The van der Waals surface area contributed by atoms with E-state index >= 15 is 0 Å². The minimum atomic E-state index is -0.278. The number of benzene rings is 1. The van der Waals surface area contributed by atoms with Crippen LogP contribution in [0.2, 0.25) is 0 Å². The molecule has 1 N–H and O–H groups in total. The Morgan fingerprint density at radius 3 is 2.96 bits per heavy atom. The monoisotopic (exact) mass is 370 g/mol. The summed E-state index contributed by atoms with van der Waals surface area (Å²) in [4.78, 5) is 10.9. The molecular weight excluding hydrogens is 344 g/mol. The number of aromatic nitrogens is 2. The second-order valence-electron chi connectivity index (χ2n) is 7.21. The molecule has 2 aromatic rings. The molecule has 0 amide bonds. The van der Waals surface area contributed by atoms with Gasteiger partial charge in [-0.1, -0.05) is 0 Å². The molecule has 4 rings (SSSR count). The van der Waals surface area contributed by atoms with Crippen LogP contribution < -0.4 is 15.0 Å². The second-order valence-corrected chi connectivity index (χ2v) is 7.21. The molecule has 1 spiro atoms. The number of hydrogen-bond donors (Lipinski definition) is 1. The molecule has 27 heavy (non-hydrogen) atoms. The fraction of sp³-hybridized carbons (Fsp3) is 0.500. The van der Waals surface area contributed by atoms with Crippen LogP contribution >= 0.6 is 0 Å². The Morgan fingerprint density at radius 2 is 2.19 bits per heavy atom. The molecule has 0 bridgehead atoms. The standard InChI is InChI=1S/C20H26N4O3/c1-25-18-4-2-17(3-5-18)23-11-16-10-20(27-13-16)14-24(8-9-26-15-20)19-12-21-6-7-22-19/h2-7,12,16,23H,8-11,13-15H2,1H3. The normalized spacial score (nSPS) is 25.4. The first-order valence-corrected chi connectivity index (χ1v) is 9.37. The molecular formula is C20H26N4O3. The molecule has 7 heteroatoms. The molecule has 2 unspecified atom stereocenters. The molecule has 144 valence electrons. The molecule has 2 aliphatic heterocycles. The molecule has 1 aromatic carbocycles. The summed E-state index contributed by atoms with van der Waals surface area (Å²) in [6, 6.07) is 8.00. The highest BCUT2D eigenvalue weighted by atomic mass is 16.5. The third-order valence-electron chi connectivity index (χ3n) is 5.19. The van der Waals surface area contributed by atoms with Crippen molar-refractivity contribution in [2.45, 2.75) is 12.0 Å². The SMILES string of the molecule is COc1ccc(NCC2COC3(COCCN(c4cnccn4)C3)C2)cc1. The molecule has 2 fully saturated rings. The van der Waals surface area contributed by atoms with Crippen LogP contribution in [0.5, 0.6) is 5.75 Å². The first kappa shape index (κ1) is 18.0. The Morgan fingerprint density at radius 1 is 1.30 bits per heavy atom. The van der Waals surface area contributed by atoms with Gasteiger partial charge in [-0.3, -0.25) is 4.98 Å². The minimum absolute atomic E-state index is 0.278. The van der Waals surface area contributed by atoms with E-state index in [1.54, 1.807) is 25.7 Å². The zero-order valence-electron chi connectivity index (χ0n) is 15.6. The van der Waals surface area contributed by atoms with Gasteiger partial charge in [0.25, 0.3) is 0 Å². The molecule has 0 saturated carbocycles. The maximum Gasteiger partial charge on any atom is 0.147 e. The van der Waals surface area contributed by atoms with Gasteiger partial charge >= 0.3 is 0 Å². The Bertz CT molecular complexity index is 728. The third-order valence-corrected chi connectivity index (χ3v) is 5.19. The fourth-order valence-corrected chi connectivity index (χ4v) is 3.81. The average Bonchev–Trinajstić information content (AvgIpc) is 3.00. The van der Waals surface area contributed by atoms with Crippen molar-refractivity contribution in [2.75, 3.05) is 56.8 Å². The quantitative estimate of drug-likeness (QED) is 0.865. The number of rotatable bonds is 5. The van der Waals surface area contributed by atoms with Crippen molar-refractivity contribution >= 4 is 11.5 Å². The maximum absolute atomic E-state index is 6.28. The summed E-state index contributed by atoms with van der Waals surface area (Å²) in [6.45, 7) is 4.50. The summed E-state index contributed by atoms with van der Waals surface area (Å²) in [5.41, 5.74) is 0.815. The molecule has 2 aliphatic rings. The summed E-state index contributed by atoms with van der Waals surface area (Å²) in [5, 5.41) is 3.51. The summed E-state index contributed by atoms with van der Waals surface area (Å²) < 4.78 is 17.4. The van der Waals surface area contributed by atoms with Crippen LogP contribution in [0.4, 0.5) is 11.5 Å². The van der Waals surface area contributed by atoms with Crippen molar-refractivity contribution in [1.82, 2.24) is 9.97 Å². The van der Waals surface area contributed by atoms with Crippen LogP contribution in [0.1, 0.15) is 6.42 Å². The number of hydrogen-bond acceptors (Lipinski definition) is 7. The van der Waals surface area contributed by atoms with E-state index in [0.717, 1.165) is 49.9 Å². The highest BCUT2D eigenvalue weighted by Gasteiger charge is 2.43. The van der Waals surface area contributed by atoms with Crippen molar-refractivity contribution in [1.29, 1.82) is 0 Å². The highest BCUT2D eigenvalue weighted by Crippen LogP contribution is 2.34. The Balaban J connectivity index is 1.36. The van der Waals surface area contributed by atoms with Crippen LogP contribution in [-0.2, 0) is 9.47 Å². The first-order chi connectivity index (χ1) is 13.3.